The minimum Gasteiger partial charge on any atom is -0.351 e. The van der Waals surface area contributed by atoms with E-state index in [0.29, 0.717) is 18.7 Å². The van der Waals surface area contributed by atoms with Crippen LogP contribution >= 0.6 is 11.8 Å². The first-order valence-corrected chi connectivity index (χ1v) is 8.39. The lowest BCUT2D eigenvalue weighted by molar-refractivity contribution is -0.118. The molecule has 1 aromatic heterocycles. The number of carbonyl (C=O) groups is 2. The van der Waals surface area contributed by atoms with Crippen LogP contribution in [0, 0.1) is 0 Å². The fourth-order valence-electron chi connectivity index (χ4n) is 2.42. The SMILES string of the molecule is Cn1ccnc1SCC(=O)NCc1ccc2c(c1)CCC(=O)N2. The van der Waals surface area contributed by atoms with Crippen LogP contribution in [0.4, 0.5) is 5.69 Å². The van der Waals surface area contributed by atoms with Crippen LogP contribution in [0.5, 0.6) is 0 Å². The largest absolute Gasteiger partial charge is 0.351 e. The van der Waals surface area contributed by atoms with Gasteiger partial charge in [-0.05, 0) is 23.6 Å². The molecular weight excluding hydrogens is 312 g/mol. The first-order valence-electron chi connectivity index (χ1n) is 7.40. The Labute approximate surface area is 138 Å². The molecule has 0 bridgehead atoms. The Morgan fingerprint density at radius 1 is 1.43 bits per heavy atom. The zero-order valence-corrected chi connectivity index (χ0v) is 13.7. The predicted molar refractivity (Wildman–Crippen MR) is 89.2 cm³/mol. The highest BCUT2D eigenvalue weighted by atomic mass is 32.2. The summed E-state index contributed by atoms with van der Waals surface area (Å²) in [4.78, 5) is 27.4. The number of anilines is 1. The Morgan fingerprint density at radius 3 is 3.09 bits per heavy atom. The van der Waals surface area contributed by atoms with Gasteiger partial charge in [-0.1, -0.05) is 23.9 Å². The highest BCUT2D eigenvalue weighted by Crippen LogP contribution is 2.23. The quantitative estimate of drug-likeness (QED) is 0.819. The molecule has 0 spiro atoms. The highest BCUT2D eigenvalue weighted by molar-refractivity contribution is 7.99. The lowest BCUT2D eigenvalue weighted by Gasteiger charge is -2.17. The number of hydrogen-bond donors (Lipinski definition) is 2. The molecule has 2 N–H and O–H groups in total. The van der Waals surface area contributed by atoms with Crippen LogP contribution < -0.4 is 10.6 Å². The summed E-state index contributed by atoms with van der Waals surface area (Å²) < 4.78 is 1.88. The number of hydrogen-bond acceptors (Lipinski definition) is 4. The molecule has 2 heterocycles. The van der Waals surface area contributed by atoms with Crippen LogP contribution in [0.1, 0.15) is 17.5 Å². The normalized spacial score (nSPS) is 13.3. The molecular formula is C16H18N4O2S. The highest BCUT2D eigenvalue weighted by Gasteiger charge is 2.14. The van der Waals surface area contributed by atoms with Crippen molar-refractivity contribution in [3.8, 4) is 0 Å². The second-order valence-corrected chi connectivity index (χ2v) is 6.37. The van der Waals surface area contributed by atoms with Crippen molar-refractivity contribution < 1.29 is 9.59 Å². The third kappa shape index (κ3) is 3.92. The maximum Gasteiger partial charge on any atom is 0.230 e. The van der Waals surface area contributed by atoms with Gasteiger partial charge in [0.25, 0.3) is 0 Å². The number of imidazole rings is 1. The van der Waals surface area contributed by atoms with Gasteiger partial charge in [-0.25, -0.2) is 4.98 Å². The second kappa shape index (κ2) is 6.87. The molecule has 0 saturated heterocycles. The van der Waals surface area contributed by atoms with Gasteiger partial charge in [-0.2, -0.15) is 0 Å². The summed E-state index contributed by atoms with van der Waals surface area (Å²) in [6.07, 6.45) is 4.83. The molecule has 1 aliphatic rings. The molecule has 2 amide bonds. The van der Waals surface area contributed by atoms with Crippen molar-refractivity contribution in [3.05, 3.63) is 41.7 Å². The molecule has 120 valence electrons. The molecule has 6 nitrogen and oxygen atoms in total. The van der Waals surface area contributed by atoms with E-state index in [1.807, 2.05) is 36.0 Å². The van der Waals surface area contributed by atoms with Gasteiger partial charge >= 0.3 is 0 Å². The van der Waals surface area contributed by atoms with Gasteiger partial charge in [0, 0.05) is 38.1 Å². The van der Waals surface area contributed by atoms with Crippen LogP contribution in [0.3, 0.4) is 0 Å². The number of rotatable bonds is 5. The maximum absolute atomic E-state index is 11.9. The van der Waals surface area contributed by atoms with Crippen molar-refractivity contribution in [1.29, 1.82) is 0 Å². The van der Waals surface area contributed by atoms with E-state index in [1.165, 1.54) is 11.8 Å². The molecule has 0 radical (unpaired) electrons. The van der Waals surface area contributed by atoms with Crippen molar-refractivity contribution in [2.45, 2.75) is 24.5 Å². The average molecular weight is 330 g/mol. The molecule has 0 aliphatic carbocycles. The molecule has 7 heteroatoms. The standard InChI is InChI=1S/C16H18N4O2S/c1-20-7-6-17-16(20)23-10-15(22)18-9-11-2-4-13-12(8-11)3-5-14(21)19-13/h2,4,6-8H,3,5,9-10H2,1H3,(H,18,22)(H,19,21). The molecule has 2 aromatic rings. The van der Waals surface area contributed by atoms with Gasteiger partial charge in [-0.3, -0.25) is 9.59 Å². The predicted octanol–water partition coefficient (Wildman–Crippen LogP) is 1.71. The molecule has 0 fully saturated rings. The maximum atomic E-state index is 11.9. The van der Waals surface area contributed by atoms with Crippen molar-refractivity contribution in [3.63, 3.8) is 0 Å². The number of thioether (sulfide) groups is 1. The number of amides is 2. The Bertz CT molecular complexity index is 741. The Morgan fingerprint density at radius 2 is 2.30 bits per heavy atom. The van der Waals surface area contributed by atoms with E-state index in [0.717, 1.165) is 28.4 Å². The first kappa shape index (κ1) is 15.6. The van der Waals surface area contributed by atoms with Crippen LogP contribution in [-0.2, 0) is 29.6 Å². The summed E-state index contributed by atoms with van der Waals surface area (Å²) in [5.41, 5.74) is 3.04. The first-order chi connectivity index (χ1) is 11.1. The van der Waals surface area contributed by atoms with E-state index in [9.17, 15) is 9.59 Å². The second-order valence-electron chi connectivity index (χ2n) is 5.43. The van der Waals surface area contributed by atoms with Crippen LogP contribution in [0.15, 0.2) is 35.7 Å². The molecule has 23 heavy (non-hydrogen) atoms. The summed E-state index contributed by atoms with van der Waals surface area (Å²) in [7, 11) is 1.90. The summed E-state index contributed by atoms with van der Waals surface area (Å²) in [5, 5.41) is 6.59. The fourth-order valence-corrected chi connectivity index (χ4v) is 3.18. The average Bonchev–Trinajstić information content (AvgIpc) is 2.96. The van der Waals surface area contributed by atoms with Crippen LogP contribution in [-0.4, -0.2) is 27.1 Å². The topological polar surface area (TPSA) is 76.0 Å². The number of fused-ring (bicyclic) bond motifs is 1. The number of nitrogens with one attached hydrogen (secondary N) is 2. The number of carbonyl (C=O) groups excluding carboxylic acids is 2. The third-order valence-electron chi connectivity index (χ3n) is 3.66. The summed E-state index contributed by atoms with van der Waals surface area (Å²) in [6, 6.07) is 5.87. The summed E-state index contributed by atoms with van der Waals surface area (Å²) >= 11 is 1.41. The van der Waals surface area contributed by atoms with Gasteiger partial charge in [0.15, 0.2) is 5.16 Å². The Balaban J connectivity index is 1.51. The lowest BCUT2D eigenvalue weighted by Crippen LogP contribution is -2.25. The van der Waals surface area contributed by atoms with E-state index >= 15 is 0 Å². The van der Waals surface area contributed by atoms with Crippen molar-refractivity contribution >= 4 is 29.3 Å². The Hall–Kier alpha value is -2.28. The zero-order valence-electron chi connectivity index (χ0n) is 12.8. The smallest absolute Gasteiger partial charge is 0.230 e. The Kier molecular flexibility index (Phi) is 4.66. The van der Waals surface area contributed by atoms with Crippen LogP contribution in [0.25, 0.3) is 0 Å². The fraction of sp³-hybridized carbons (Fsp3) is 0.312. The van der Waals surface area contributed by atoms with Crippen molar-refractivity contribution in [2.75, 3.05) is 11.1 Å². The van der Waals surface area contributed by atoms with Crippen LogP contribution in [0.2, 0.25) is 0 Å². The number of aryl methyl sites for hydroxylation is 2. The number of benzene rings is 1. The molecule has 3 rings (SSSR count). The van der Waals surface area contributed by atoms with Gasteiger partial charge in [-0.15, -0.1) is 0 Å². The van der Waals surface area contributed by atoms with Gasteiger partial charge < -0.3 is 15.2 Å². The van der Waals surface area contributed by atoms with Crippen molar-refractivity contribution in [2.24, 2.45) is 7.05 Å². The molecule has 0 unspecified atom stereocenters. The number of aromatic nitrogens is 2. The van der Waals surface area contributed by atoms with Gasteiger partial charge in [0.2, 0.25) is 11.8 Å². The van der Waals surface area contributed by atoms with E-state index in [-0.39, 0.29) is 11.8 Å². The lowest BCUT2D eigenvalue weighted by atomic mass is 10.0. The summed E-state index contributed by atoms with van der Waals surface area (Å²) in [5.74, 6) is 0.375. The third-order valence-corrected chi connectivity index (χ3v) is 4.72. The number of nitrogens with zero attached hydrogens (tertiary/aromatic N) is 2. The van der Waals surface area contributed by atoms with E-state index < -0.39 is 0 Å². The van der Waals surface area contributed by atoms with E-state index in [2.05, 4.69) is 15.6 Å². The molecule has 0 saturated carbocycles. The van der Waals surface area contributed by atoms with Crippen molar-refractivity contribution in [1.82, 2.24) is 14.9 Å². The zero-order chi connectivity index (χ0) is 16.2. The molecule has 1 aliphatic heterocycles. The van der Waals surface area contributed by atoms with E-state index in [1.54, 1.807) is 6.20 Å². The minimum absolute atomic E-state index is 0.0241. The van der Waals surface area contributed by atoms with Gasteiger partial charge in [0.05, 0.1) is 5.75 Å². The summed E-state index contributed by atoms with van der Waals surface area (Å²) in [6.45, 7) is 0.487. The minimum atomic E-state index is -0.0241. The van der Waals surface area contributed by atoms with Gasteiger partial charge in [0.1, 0.15) is 0 Å². The monoisotopic (exact) mass is 330 g/mol. The van der Waals surface area contributed by atoms with E-state index in [4.69, 9.17) is 0 Å². The molecule has 0 atom stereocenters. The molecule has 1 aromatic carbocycles.